The summed E-state index contributed by atoms with van der Waals surface area (Å²) in [6, 6.07) is 15.7. The van der Waals surface area contributed by atoms with Gasteiger partial charge in [-0.2, -0.15) is 15.6 Å². The number of methoxy groups -OCH3 is 1. The van der Waals surface area contributed by atoms with Crippen molar-refractivity contribution in [3.05, 3.63) is 82.0 Å². The smallest absolute Gasteiger partial charge is 0.411 e. The van der Waals surface area contributed by atoms with Crippen LogP contribution in [0.15, 0.2) is 70.3 Å². The van der Waals surface area contributed by atoms with Gasteiger partial charge in [-0.05, 0) is 64.2 Å². The Balaban J connectivity index is 1.71. The number of fused-ring (bicyclic) bond motifs is 1. The van der Waals surface area contributed by atoms with Crippen molar-refractivity contribution in [2.75, 3.05) is 19.0 Å². The summed E-state index contributed by atoms with van der Waals surface area (Å²) in [5, 5.41) is 6.49. The fourth-order valence-electron chi connectivity index (χ4n) is 3.59. The van der Waals surface area contributed by atoms with Gasteiger partial charge in [0.1, 0.15) is 0 Å². The zero-order chi connectivity index (χ0) is 20.4. The standard InChI is InChI=1S/C21H20N2O4S2/c1-27-21(24)22-17-6-8-18(9-7-17)29(25,26)23-12-10-15-4-2-3-5-19(15)20(23)16-11-13-28-14-16/h2-9,11,13-14,20H,10,12H2,1H3,(H,22,24). The highest BCUT2D eigenvalue weighted by atomic mass is 32.2. The molecular weight excluding hydrogens is 408 g/mol. The molecule has 0 bridgehead atoms. The van der Waals surface area contributed by atoms with Crippen LogP contribution in [-0.2, 0) is 21.2 Å². The fourth-order valence-corrected chi connectivity index (χ4v) is 5.87. The summed E-state index contributed by atoms with van der Waals surface area (Å²) in [5.74, 6) is 0. The molecule has 1 aliphatic heterocycles. The zero-order valence-corrected chi connectivity index (χ0v) is 17.4. The highest BCUT2D eigenvalue weighted by molar-refractivity contribution is 7.89. The molecule has 1 unspecified atom stereocenters. The molecule has 1 aromatic heterocycles. The molecule has 0 fully saturated rings. The number of anilines is 1. The lowest BCUT2D eigenvalue weighted by Crippen LogP contribution is -2.40. The molecule has 1 amide bonds. The predicted molar refractivity (Wildman–Crippen MR) is 113 cm³/mol. The third-order valence-corrected chi connectivity index (χ3v) is 7.57. The van der Waals surface area contributed by atoms with Crippen LogP contribution < -0.4 is 5.32 Å². The van der Waals surface area contributed by atoms with Crippen molar-refractivity contribution in [2.24, 2.45) is 0 Å². The number of benzene rings is 2. The van der Waals surface area contributed by atoms with E-state index in [-0.39, 0.29) is 10.9 Å². The summed E-state index contributed by atoms with van der Waals surface area (Å²) in [6.07, 6.45) is 0.0589. The van der Waals surface area contributed by atoms with Gasteiger partial charge < -0.3 is 4.74 Å². The van der Waals surface area contributed by atoms with Gasteiger partial charge in [0, 0.05) is 12.2 Å². The maximum Gasteiger partial charge on any atom is 0.411 e. The molecule has 0 spiro atoms. The van der Waals surface area contributed by atoms with E-state index in [2.05, 4.69) is 16.1 Å². The van der Waals surface area contributed by atoms with Crippen LogP contribution >= 0.6 is 11.3 Å². The molecule has 1 atom stereocenters. The number of sulfonamides is 1. The summed E-state index contributed by atoms with van der Waals surface area (Å²) in [5.41, 5.74) is 3.63. The Kier molecular flexibility index (Phi) is 5.40. The Bertz CT molecular complexity index is 1110. The molecule has 2 heterocycles. The highest BCUT2D eigenvalue weighted by Gasteiger charge is 2.37. The number of carbonyl (C=O) groups is 1. The lowest BCUT2D eigenvalue weighted by Gasteiger charge is -2.36. The molecule has 0 radical (unpaired) electrons. The number of amides is 1. The fraction of sp³-hybridized carbons (Fsp3) is 0.190. The first-order valence-electron chi connectivity index (χ1n) is 9.07. The minimum atomic E-state index is -3.74. The Morgan fingerprint density at radius 3 is 2.59 bits per heavy atom. The van der Waals surface area contributed by atoms with Gasteiger partial charge in [0.05, 0.1) is 18.0 Å². The molecule has 0 aliphatic carbocycles. The average molecular weight is 429 g/mol. The topological polar surface area (TPSA) is 75.7 Å². The van der Waals surface area contributed by atoms with E-state index in [1.54, 1.807) is 27.8 Å². The second kappa shape index (κ2) is 7.98. The molecule has 8 heteroatoms. The number of ether oxygens (including phenoxy) is 1. The van der Waals surface area contributed by atoms with Gasteiger partial charge in [-0.3, -0.25) is 5.32 Å². The number of nitrogens with one attached hydrogen (secondary N) is 1. The third kappa shape index (κ3) is 3.78. The van der Waals surface area contributed by atoms with Gasteiger partial charge in [0.2, 0.25) is 10.0 Å². The van der Waals surface area contributed by atoms with Gasteiger partial charge in [-0.1, -0.05) is 24.3 Å². The van der Waals surface area contributed by atoms with Crippen LogP contribution in [0.4, 0.5) is 10.5 Å². The Morgan fingerprint density at radius 1 is 1.14 bits per heavy atom. The number of carbonyl (C=O) groups excluding carboxylic acids is 1. The van der Waals surface area contributed by atoms with Gasteiger partial charge >= 0.3 is 6.09 Å². The van der Waals surface area contributed by atoms with Crippen LogP contribution in [-0.4, -0.2) is 32.5 Å². The van der Waals surface area contributed by atoms with Crippen molar-refractivity contribution >= 4 is 33.1 Å². The van der Waals surface area contributed by atoms with E-state index in [9.17, 15) is 13.2 Å². The molecule has 0 saturated heterocycles. The number of thiophene rings is 1. The van der Waals surface area contributed by atoms with Crippen molar-refractivity contribution in [3.8, 4) is 0 Å². The molecular formula is C21H20N2O4S2. The Hall–Kier alpha value is -2.68. The lowest BCUT2D eigenvalue weighted by molar-refractivity contribution is 0.187. The highest BCUT2D eigenvalue weighted by Crippen LogP contribution is 2.39. The van der Waals surface area contributed by atoms with Gasteiger partial charge in [0.25, 0.3) is 0 Å². The van der Waals surface area contributed by atoms with Crippen LogP contribution in [0.25, 0.3) is 0 Å². The number of hydrogen-bond donors (Lipinski definition) is 1. The van der Waals surface area contributed by atoms with Crippen LogP contribution in [0.5, 0.6) is 0 Å². The molecule has 0 saturated carbocycles. The maximum absolute atomic E-state index is 13.5. The van der Waals surface area contributed by atoms with Crippen LogP contribution in [0.3, 0.4) is 0 Å². The van der Waals surface area contributed by atoms with Crippen LogP contribution in [0.1, 0.15) is 22.7 Å². The zero-order valence-electron chi connectivity index (χ0n) is 15.7. The van der Waals surface area contributed by atoms with Crippen molar-refractivity contribution in [3.63, 3.8) is 0 Å². The Morgan fingerprint density at radius 2 is 1.90 bits per heavy atom. The largest absolute Gasteiger partial charge is 0.453 e. The normalized spacial score (nSPS) is 16.8. The van der Waals surface area contributed by atoms with Crippen molar-refractivity contribution in [1.29, 1.82) is 0 Å². The quantitative estimate of drug-likeness (QED) is 0.674. The number of rotatable bonds is 4. The van der Waals surface area contributed by atoms with E-state index in [1.807, 2.05) is 35.0 Å². The van der Waals surface area contributed by atoms with Gasteiger partial charge in [-0.25, -0.2) is 13.2 Å². The Labute approximate surface area is 173 Å². The first-order chi connectivity index (χ1) is 14.0. The van der Waals surface area contributed by atoms with Gasteiger partial charge in [-0.15, -0.1) is 0 Å². The minimum Gasteiger partial charge on any atom is -0.453 e. The van der Waals surface area contributed by atoms with E-state index in [1.165, 1.54) is 24.8 Å². The summed E-state index contributed by atoms with van der Waals surface area (Å²) >= 11 is 1.55. The molecule has 150 valence electrons. The van der Waals surface area contributed by atoms with Gasteiger partial charge in [0.15, 0.2) is 0 Å². The van der Waals surface area contributed by atoms with E-state index < -0.39 is 16.1 Å². The first-order valence-corrected chi connectivity index (χ1v) is 11.5. The van der Waals surface area contributed by atoms with Crippen LogP contribution in [0, 0.1) is 0 Å². The first kappa shape index (κ1) is 19.6. The summed E-state index contributed by atoms with van der Waals surface area (Å²) in [6.45, 7) is 0.405. The summed E-state index contributed by atoms with van der Waals surface area (Å²) in [4.78, 5) is 11.5. The van der Waals surface area contributed by atoms with E-state index in [0.29, 0.717) is 18.7 Å². The van der Waals surface area contributed by atoms with Crippen molar-refractivity contribution in [2.45, 2.75) is 17.4 Å². The van der Waals surface area contributed by atoms with Crippen LogP contribution in [0.2, 0.25) is 0 Å². The van der Waals surface area contributed by atoms with E-state index in [0.717, 1.165) is 11.1 Å². The molecule has 29 heavy (non-hydrogen) atoms. The second-order valence-corrected chi connectivity index (χ2v) is 9.34. The molecule has 2 aromatic carbocycles. The minimum absolute atomic E-state index is 0.188. The number of hydrogen-bond acceptors (Lipinski definition) is 5. The lowest BCUT2D eigenvalue weighted by atomic mass is 9.91. The molecule has 3 aromatic rings. The molecule has 6 nitrogen and oxygen atoms in total. The SMILES string of the molecule is COC(=O)Nc1ccc(S(=O)(=O)N2CCc3ccccc3C2c2ccsc2)cc1. The monoisotopic (exact) mass is 428 g/mol. The van der Waals surface area contributed by atoms with Crippen molar-refractivity contribution < 1.29 is 17.9 Å². The van der Waals surface area contributed by atoms with Crippen molar-refractivity contribution in [1.82, 2.24) is 4.31 Å². The summed E-state index contributed by atoms with van der Waals surface area (Å²) < 4.78 is 33.1. The number of nitrogens with zero attached hydrogens (tertiary/aromatic N) is 1. The average Bonchev–Trinajstić information content (AvgIpc) is 3.27. The van der Waals surface area contributed by atoms with E-state index in [4.69, 9.17) is 0 Å². The maximum atomic E-state index is 13.5. The third-order valence-electron chi connectivity index (χ3n) is 4.99. The molecule has 1 N–H and O–H groups in total. The molecule has 4 rings (SSSR count). The predicted octanol–water partition coefficient (Wildman–Crippen LogP) is 4.26. The molecule has 1 aliphatic rings. The second-order valence-electron chi connectivity index (χ2n) is 6.66. The summed E-state index contributed by atoms with van der Waals surface area (Å²) in [7, 11) is -2.47. The van der Waals surface area contributed by atoms with E-state index >= 15 is 0 Å².